The van der Waals surface area contributed by atoms with Crippen LogP contribution in [0, 0.1) is 0 Å². The summed E-state index contributed by atoms with van der Waals surface area (Å²) in [6.07, 6.45) is 0. The number of aliphatic carboxylic acids is 1. The molecule has 1 aromatic rings. The quantitative estimate of drug-likeness (QED) is 0.618. The molecule has 1 atom stereocenters. The van der Waals surface area contributed by atoms with Crippen molar-refractivity contribution in [2.45, 2.75) is 22.8 Å². The second kappa shape index (κ2) is 7.43. The first-order valence-corrected chi connectivity index (χ1v) is 8.40. The number of carboxylic acids is 1. The van der Waals surface area contributed by atoms with Gasteiger partial charge in [-0.15, -0.1) is 11.8 Å². The molecule has 0 heterocycles. The van der Waals surface area contributed by atoms with Gasteiger partial charge in [-0.2, -0.15) is 0 Å². The number of hydrogen-bond acceptors (Lipinski definition) is 5. The monoisotopic (exact) mass is 332 g/mol. The van der Waals surface area contributed by atoms with Crippen LogP contribution < -0.4 is 10.0 Å². The van der Waals surface area contributed by atoms with Crippen molar-refractivity contribution in [1.82, 2.24) is 10.0 Å². The van der Waals surface area contributed by atoms with Gasteiger partial charge in [0.1, 0.15) is 6.04 Å². The van der Waals surface area contributed by atoms with E-state index in [1.165, 1.54) is 20.0 Å². The van der Waals surface area contributed by atoms with Crippen LogP contribution in [0.1, 0.15) is 6.92 Å². The number of sulfonamides is 1. The first-order chi connectivity index (χ1) is 9.77. The summed E-state index contributed by atoms with van der Waals surface area (Å²) in [4.78, 5) is 22.5. The Labute approximate surface area is 127 Å². The zero-order chi connectivity index (χ0) is 16.0. The summed E-state index contributed by atoms with van der Waals surface area (Å²) in [5.74, 6) is -1.61. The number of nitrogens with one attached hydrogen (secondary N) is 2. The largest absolute Gasteiger partial charge is 0.480 e. The molecule has 1 unspecified atom stereocenters. The van der Waals surface area contributed by atoms with Crippen LogP contribution in [0.4, 0.5) is 0 Å². The Hall–Kier alpha value is -1.58. The van der Waals surface area contributed by atoms with E-state index in [2.05, 4.69) is 10.0 Å². The highest BCUT2D eigenvalue weighted by molar-refractivity contribution is 8.00. The number of carboxylic acid groups (broad SMARTS) is 1. The molecule has 116 valence electrons. The number of thioether (sulfide) groups is 1. The second-order valence-electron chi connectivity index (χ2n) is 4.06. The molecule has 1 amide bonds. The van der Waals surface area contributed by atoms with Crippen molar-refractivity contribution < 1.29 is 23.1 Å². The van der Waals surface area contributed by atoms with Gasteiger partial charge in [-0.05, 0) is 19.2 Å². The highest BCUT2D eigenvalue weighted by Crippen LogP contribution is 2.26. The van der Waals surface area contributed by atoms with Gasteiger partial charge < -0.3 is 10.4 Å². The molecule has 0 saturated carbocycles. The van der Waals surface area contributed by atoms with Crippen molar-refractivity contribution in [3.05, 3.63) is 24.3 Å². The van der Waals surface area contributed by atoms with Crippen LogP contribution in [0.5, 0.6) is 0 Å². The van der Waals surface area contributed by atoms with E-state index in [0.29, 0.717) is 4.90 Å². The molecule has 1 rings (SSSR count). The Morgan fingerprint density at radius 3 is 2.48 bits per heavy atom. The van der Waals surface area contributed by atoms with Gasteiger partial charge in [0.15, 0.2) is 0 Å². The molecule has 9 heteroatoms. The van der Waals surface area contributed by atoms with Crippen LogP contribution in [-0.2, 0) is 19.6 Å². The SMILES string of the molecule is CNS(=O)(=O)c1ccccc1SCC(NC(C)=O)C(=O)O. The van der Waals surface area contributed by atoms with E-state index in [9.17, 15) is 18.0 Å². The fourth-order valence-electron chi connectivity index (χ4n) is 1.49. The molecule has 0 aliphatic carbocycles. The van der Waals surface area contributed by atoms with Gasteiger partial charge in [-0.1, -0.05) is 12.1 Å². The van der Waals surface area contributed by atoms with Crippen LogP contribution in [0.2, 0.25) is 0 Å². The van der Waals surface area contributed by atoms with E-state index in [4.69, 9.17) is 5.11 Å². The highest BCUT2D eigenvalue weighted by Gasteiger charge is 2.21. The van der Waals surface area contributed by atoms with Gasteiger partial charge in [0.2, 0.25) is 15.9 Å². The van der Waals surface area contributed by atoms with E-state index in [-0.39, 0.29) is 10.6 Å². The summed E-state index contributed by atoms with van der Waals surface area (Å²) in [5, 5.41) is 11.3. The first kappa shape index (κ1) is 17.5. The van der Waals surface area contributed by atoms with E-state index in [0.717, 1.165) is 11.8 Å². The molecule has 21 heavy (non-hydrogen) atoms. The molecule has 0 aromatic heterocycles. The Bertz CT molecular complexity index is 630. The molecule has 7 nitrogen and oxygen atoms in total. The zero-order valence-electron chi connectivity index (χ0n) is 11.5. The Morgan fingerprint density at radius 2 is 1.95 bits per heavy atom. The van der Waals surface area contributed by atoms with Crippen molar-refractivity contribution in [2.75, 3.05) is 12.8 Å². The summed E-state index contributed by atoms with van der Waals surface area (Å²) in [7, 11) is -2.33. The minimum Gasteiger partial charge on any atom is -0.480 e. The number of benzene rings is 1. The molecule has 0 radical (unpaired) electrons. The second-order valence-corrected chi connectivity index (χ2v) is 6.97. The number of carbonyl (C=O) groups excluding carboxylic acids is 1. The van der Waals surface area contributed by atoms with Crippen molar-refractivity contribution in [2.24, 2.45) is 0 Å². The average molecular weight is 332 g/mol. The molecule has 0 aliphatic heterocycles. The molecule has 0 fully saturated rings. The lowest BCUT2D eigenvalue weighted by Gasteiger charge is -2.14. The number of amides is 1. The van der Waals surface area contributed by atoms with Gasteiger partial charge in [-0.25, -0.2) is 17.9 Å². The van der Waals surface area contributed by atoms with Crippen LogP contribution in [0.15, 0.2) is 34.1 Å². The summed E-state index contributed by atoms with van der Waals surface area (Å²) in [6, 6.07) is 5.17. The summed E-state index contributed by atoms with van der Waals surface area (Å²) in [5.41, 5.74) is 0. The maximum absolute atomic E-state index is 11.9. The molecular weight excluding hydrogens is 316 g/mol. The van der Waals surface area contributed by atoms with Crippen molar-refractivity contribution in [1.29, 1.82) is 0 Å². The number of carbonyl (C=O) groups is 2. The minimum absolute atomic E-state index is 0.0190. The predicted octanol–water partition coefficient (Wildman–Crippen LogP) is 0.276. The van der Waals surface area contributed by atoms with Crippen molar-refractivity contribution in [3.8, 4) is 0 Å². The van der Waals surface area contributed by atoms with Crippen molar-refractivity contribution in [3.63, 3.8) is 0 Å². The molecule has 0 spiro atoms. The maximum Gasteiger partial charge on any atom is 0.327 e. The van der Waals surface area contributed by atoms with Gasteiger partial charge in [0.25, 0.3) is 0 Å². The predicted molar refractivity (Wildman–Crippen MR) is 78.7 cm³/mol. The topological polar surface area (TPSA) is 113 Å². The third-order valence-electron chi connectivity index (χ3n) is 2.49. The maximum atomic E-state index is 11.9. The molecule has 0 aliphatic rings. The Balaban J connectivity index is 2.93. The molecule has 0 saturated heterocycles. The molecular formula is C12H16N2O5S2. The van der Waals surface area contributed by atoms with Crippen LogP contribution in [-0.4, -0.2) is 44.2 Å². The van der Waals surface area contributed by atoms with Gasteiger partial charge >= 0.3 is 5.97 Å². The van der Waals surface area contributed by atoms with E-state index in [1.807, 2.05) is 0 Å². The number of rotatable bonds is 7. The van der Waals surface area contributed by atoms with Gasteiger partial charge in [0.05, 0.1) is 4.90 Å². The standard InChI is InChI=1S/C12H16N2O5S2/c1-8(15)14-9(12(16)17)7-20-10-5-3-4-6-11(10)21(18,19)13-2/h3-6,9,13H,7H2,1-2H3,(H,14,15)(H,16,17). The first-order valence-electron chi connectivity index (χ1n) is 5.93. The van der Waals surface area contributed by atoms with Gasteiger partial charge in [-0.3, -0.25) is 4.79 Å². The lowest BCUT2D eigenvalue weighted by Crippen LogP contribution is -2.41. The summed E-state index contributed by atoms with van der Waals surface area (Å²) < 4.78 is 25.9. The summed E-state index contributed by atoms with van der Waals surface area (Å²) in [6.45, 7) is 1.22. The molecule has 0 bridgehead atoms. The lowest BCUT2D eigenvalue weighted by molar-refractivity contribution is -0.140. The van der Waals surface area contributed by atoms with Crippen LogP contribution >= 0.6 is 11.8 Å². The van der Waals surface area contributed by atoms with Crippen LogP contribution in [0.25, 0.3) is 0 Å². The van der Waals surface area contributed by atoms with E-state index >= 15 is 0 Å². The third kappa shape index (κ3) is 5.03. The summed E-state index contributed by atoms with van der Waals surface area (Å²) >= 11 is 1.05. The normalized spacial score (nSPS) is 12.7. The molecule has 1 aromatic carbocycles. The number of hydrogen-bond donors (Lipinski definition) is 3. The Morgan fingerprint density at radius 1 is 1.33 bits per heavy atom. The fourth-order valence-corrected chi connectivity index (χ4v) is 3.77. The third-order valence-corrected chi connectivity index (χ3v) is 5.26. The van der Waals surface area contributed by atoms with Gasteiger partial charge in [0, 0.05) is 17.6 Å². The zero-order valence-corrected chi connectivity index (χ0v) is 13.1. The fraction of sp³-hybridized carbons (Fsp3) is 0.333. The lowest BCUT2D eigenvalue weighted by atomic mass is 10.3. The average Bonchev–Trinajstić information content (AvgIpc) is 2.43. The minimum atomic E-state index is -3.63. The van der Waals surface area contributed by atoms with Crippen molar-refractivity contribution >= 4 is 33.7 Å². The van der Waals surface area contributed by atoms with Crippen LogP contribution in [0.3, 0.4) is 0 Å². The highest BCUT2D eigenvalue weighted by atomic mass is 32.2. The van der Waals surface area contributed by atoms with E-state index < -0.39 is 27.9 Å². The molecule has 3 N–H and O–H groups in total. The van der Waals surface area contributed by atoms with E-state index in [1.54, 1.807) is 18.2 Å². The smallest absolute Gasteiger partial charge is 0.327 e. The Kier molecular flexibility index (Phi) is 6.19.